The summed E-state index contributed by atoms with van der Waals surface area (Å²) in [4.78, 5) is 23.6. The molecule has 3 rings (SSSR count). The molecule has 0 spiro atoms. The van der Waals surface area contributed by atoms with Crippen molar-refractivity contribution in [3.05, 3.63) is 35.4 Å². The summed E-state index contributed by atoms with van der Waals surface area (Å²) in [5.74, 6) is 0.0705. The summed E-state index contributed by atoms with van der Waals surface area (Å²) in [7, 11) is 0. The van der Waals surface area contributed by atoms with Crippen molar-refractivity contribution < 1.29 is 19.1 Å². The standard InChI is InChI=1S/C17H20O4/c18-13-10-14-8-9-20-17(19)7-3-5-12-4-1-2-6-15(12)16(11-13)21-14/h1-2,4,6,14,16H,3,5,7-11H2/t14-,16-/m0/s1. The first-order chi connectivity index (χ1) is 10.2. The Hall–Kier alpha value is -1.68. The summed E-state index contributed by atoms with van der Waals surface area (Å²) in [6.07, 6.45) is 3.20. The Balaban J connectivity index is 1.88. The predicted octanol–water partition coefficient (Wildman–Crippen LogP) is 2.75. The number of aryl methyl sites for hydroxylation is 1. The molecule has 1 aromatic carbocycles. The van der Waals surface area contributed by atoms with Crippen LogP contribution in [0.3, 0.4) is 0 Å². The average molecular weight is 288 g/mol. The smallest absolute Gasteiger partial charge is 0.305 e. The minimum absolute atomic E-state index is 0.142. The van der Waals surface area contributed by atoms with Crippen LogP contribution in [0.4, 0.5) is 0 Å². The van der Waals surface area contributed by atoms with E-state index in [9.17, 15) is 9.59 Å². The van der Waals surface area contributed by atoms with Crippen molar-refractivity contribution in [1.29, 1.82) is 0 Å². The van der Waals surface area contributed by atoms with E-state index in [0.29, 0.717) is 32.3 Å². The van der Waals surface area contributed by atoms with Gasteiger partial charge in [-0.05, 0) is 24.0 Å². The van der Waals surface area contributed by atoms with Crippen molar-refractivity contribution in [2.75, 3.05) is 6.61 Å². The number of ketones is 1. The topological polar surface area (TPSA) is 52.6 Å². The predicted molar refractivity (Wildman–Crippen MR) is 76.8 cm³/mol. The molecule has 0 amide bonds. The zero-order chi connectivity index (χ0) is 14.7. The summed E-state index contributed by atoms with van der Waals surface area (Å²) in [6, 6.07) is 8.07. The van der Waals surface area contributed by atoms with Crippen molar-refractivity contribution in [3.63, 3.8) is 0 Å². The minimum Gasteiger partial charge on any atom is -0.466 e. The third-order valence-corrected chi connectivity index (χ3v) is 4.16. The summed E-state index contributed by atoms with van der Waals surface area (Å²) >= 11 is 0. The molecular weight excluding hydrogens is 268 g/mol. The molecule has 0 N–H and O–H groups in total. The maximum Gasteiger partial charge on any atom is 0.305 e. The lowest BCUT2D eigenvalue weighted by Gasteiger charge is -2.31. The molecule has 0 aromatic heterocycles. The maximum absolute atomic E-state index is 12.0. The minimum atomic E-state index is -0.160. The first-order valence-electron chi connectivity index (χ1n) is 7.63. The van der Waals surface area contributed by atoms with E-state index in [2.05, 4.69) is 6.07 Å². The second-order valence-electron chi connectivity index (χ2n) is 5.76. The average Bonchev–Trinajstić information content (AvgIpc) is 2.46. The van der Waals surface area contributed by atoms with E-state index in [1.807, 2.05) is 18.2 Å². The number of fused-ring (bicyclic) bond motifs is 4. The highest BCUT2D eigenvalue weighted by molar-refractivity contribution is 5.80. The van der Waals surface area contributed by atoms with Crippen LogP contribution < -0.4 is 0 Å². The summed E-state index contributed by atoms with van der Waals surface area (Å²) < 4.78 is 11.3. The van der Waals surface area contributed by atoms with Crippen molar-refractivity contribution in [3.8, 4) is 0 Å². The number of benzene rings is 1. The molecule has 0 unspecified atom stereocenters. The van der Waals surface area contributed by atoms with E-state index in [1.165, 1.54) is 5.56 Å². The molecule has 2 aliphatic rings. The van der Waals surface area contributed by atoms with E-state index in [-0.39, 0.29) is 24.0 Å². The van der Waals surface area contributed by atoms with Gasteiger partial charge in [-0.1, -0.05) is 24.3 Å². The summed E-state index contributed by atoms with van der Waals surface area (Å²) in [6.45, 7) is 0.338. The van der Waals surface area contributed by atoms with Crippen LogP contribution in [-0.2, 0) is 25.5 Å². The Morgan fingerprint density at radius 1 is 1.05 bits per heavy atom. The van der Waals surface area contributed by atoms with Crippen LogP contribution in [0.15, 0.2) is 24.3 Å². The van der Waals surface area contributed by atoms with Crippen molar-refractivity contribution in [2.45, 2.75) is 50.7 Å². The fraction of sp³-hybridized carbons (Fsp3) is 0.529. The van der Waals surface area contributed by atoms with Gasteiger partial charge in [0.05, 0.1) is 18.8 Å². The SMILES string of the molecule is O=C1C[C@@H]2CCOC(=O)CCCc3ccccc3[C@H](C1)O2. The van der Waals surface area contributed by atoms with Gasteiger partial charge in [-0.3, -0.25) is 9.59 Å². The molecule has 0 saturated carbocycles. The highest BCUT2D eigenvalue weighted by Gasteiger charge is 2.30. The fourth-order valence-electron chi connectivity index (χ4n) is 3.10. The molecule has 2 aliphatic heterocycles. The van der Waals surface area contributed by atoms with E-state index < -0.39 is 0 Å². The monoisotopic (exact) mass is 288 g/mol. The van der Waals surface area contributed by atoms with Crippen LogP contribution in [0.25, 0.3) is 0 Å². The van der Waals surface area contributed by atoms with E-state index >= 15 is 0 Å². The molecule has 1 saturated heterocycles. The fourth-order valence-corrected chi connectivity index (χ4v) is 3.10. The van der Waals surface area contributed by atoms with E-state index in [1.54, 1.807) is 0 Å². The number of esters is 1. The Morgan fingerprint density at radius 2 is 1.90 bits per heavy atom. The molecule has 112 valence electrons. The van der Waals surface area contributed by atoms with Gasteiger partial charge in [0.2, 0.25) is 0 Å². The molecule has 21 heavy (non-hydrogen) atoms. The van der Waals surface area contributed by atoms with Crippen molar-refractivity contribution in [2.24, 2.45) is 0 Å². The van der Waals surface area contributed by atoms with Gasteiger partial charge in [0.1, 0.15) is 5.78 Å². The molecule has 2 heterocycles. The van der Waals surface area contributed by atoms with Gasteiger partial charge in [-0.15, -0.1) is 0 Å². The van der Waals surface area contributed by atoms with Crippen LogP contribution in [0.2, 0.25) is 0 Å². The Morgan fingerprint density at radius 3 is 2.81 bits per heavy atom. The zero-order valence-electron chi connectivity index (χ0n) is 12.0. The quantitative estimate of drug-likeness (QED) is 0.689. The number of hydrogen-bond donors (Lipinski definition) is 0. The lowest BCUT2D eigenvalue weighted by atomic mass is 9.91. The van der Waals surface area contributed by atoms with Gasteiger partial charge in [0, 0.05) is 25.7 Å². The van der Waals surface area contributed by atoms with Crippen molar-refractivity contribution >= 4 is 11.8 Å². The molecule has 2 atom stereocenters. The molecule has 4 nitrogen and oxygen atoms in total. The van der Waals surface area contributed by atoms with Gasteiger partial charge in [0.15, 0.2) is 0 Å². The molecule has 1 fully saturated rings. The van der Waals surface area contributed by atoms with Crippen LogP contribution in [0, 0.1) is 0 Å². The number of carbonyl (C=O) groups is 2. The van der Waals surface area contributed by atoms with Gasteiger partial charge in [-0.25, -0.2) is 0 Å². The van der Waals surface area contributed by atoms with E-state index in [0.717, 1.165) is 18.4 Å². The van der Waals surface area contributed by atoms with Gasteiger partial charge in [-0.2, -0.15) is 0 Å². The lowest BCUT2D eigenvalue weighted by Crippen LogP contribution is -2.30. The van der Waals surface area contributed by atoms with Gasteiger partial charge < -0.3 is 9.47 Å². The number of Topliss-reactive ketones (excluding diaryl/α,β-unsaturated/α-hetero) is 1. The third-order valence-electron chi connectivity index (χ3n) is 4.16. The second-order valence-corrected chi connectivity index (χ2v) is 5.76. The van der Waals surface area contributed by atoms with Gasteiger partial charge in [0.25, 0.3) is 0 Å². The van der Waals surface area contributed by atoms with Crippen LogP contribution >= 0.6 is 0 Å². The Labute approximate surface area is 124 Å². The highest BCUT2D eigenvalue weighted by atomic mass is 16.5. The lowest BCUT2D eigenvalue weighted by molar-refractivity contribution is -0.147. The molecular formula is C17H20O4. The van der Waals surface area contributed by atoms with Crippen LogP contribution in [0.5, 0.6) is 0 Å². The largest absolute Gasteiger partial charge is 0.466 e. The normalized spacial score (nSPS) is 27.0. The molecule has 0 radical (unpaired) electrons. The number of rotatable bonds is 0. The number of carbonyl (C=O) groups excluding carboxylic acids is 2. The first kappa shape index (κ1) is 14.3. The van der Waals surface area contributed by atoms with E-state index in [4.69, 9.17) is 9.47 Å². The van der Waals surface area contributed by atoms with Crippen LogP contribution in [0.1, 0.15) is 49.3 Å². The zero-order valence-corrected chi connectivity index (χ0v) is 12.0. The number of cyclic esters (lactones) is 1. The Bertz CT molecular complexity index is 537. The summed E-state index contributed by atoms with van der Waals surface area (Å²) in [5, 5.41) is 0. The van der Waals surface area contributed by atoms with Crippen molar-refractivity contribution in [1.82, 2.24) is 0 Å². The van der Waals surface area contributed by atoms with Gasteiger partial charge >= 0.3 is 5.97 Å². The van der Waals surface area contributed by atoms with Crippen LogP contribution in [-0.4, -0.2) is 24.5 Å². The number of hydrogen-bond acceptors (Lipinski definition) is 4. The number of ether oxygens (including phenoxy) is 2. The molecule has 2 bridgehead atoms. The molecule has 4 heteroatoms. The molecule has 0 aliphatic carbocycles. The highest BCUT2D eigenvalue weighted by Crippen LogP contribution is 2.33. The first-order valence-corrected chi connectivity index (χ1v) is 7.63. The molecule has 1 aromatic rings. The Kier molecular flexibility index (Phi) is 4.34. The second kappa shape index (κ2) is 6.39. The third kappa shape index (κ3) is 3.50. The summed E-state index contributed by atoms with van der Waals surface area (Å²) in [5.41, 5.74) is 2.27. The maximum atomic E-state index is 12.0.